The molecule has 1 aromatic carbocycles. The van der Waals surface area contributed by atoms with E-state index >= 15 is 0 Å². The van der Waals surface area contributed by atoms with Gasteiger partial charge in [0.2, 0.25) is 5.91 Å². The van der Waals surface area contributed by atoms with Crippen LogP contribution in [0, 0.1) is 11.6 Å². The summed E-state index contributed by atoms with van der Waals surface area (Å²) in [6.07, 6.45) is 1.57. The summed E-state index contributed by atoms with van der Waals surface area (Å²) in [5.41, 5.74) is 6.94. The predicted octanol–water partition coefficient (Wildman–Crippen LogP) is 2.87. The third-order valence-corrected chi connectivity index (χ3v) is 5.43. The molecule has 0 bridgehead atoms. The fourth-order valence-electron chi connectivity index (χ4n) is 3.79. The van der Waals surface area contributed by atoms with Gasteiger partial charge in [0, 0.05) is 12.6 Å². The van der Waals surface area contributed by atoms with Gasteiger partial charge in [0.05, 0.1) is 16.5 Å². The van der Waals surface area contributed by atoms with Crippen molar-refractivity contribution in [1.29, 1.82) is 0 Å². The smallest absolute Gasteiger partial charge is 0.235 e. The van der Waals surface area contributed by atoms with Gasteiger partial charge in [-0.25, -0.2) is 28.2 Å². The lowest BCUT2D eigenvalue weighted by molar-refractivity contribution is -0.119. The number of hydrogen-bond acceptors (Lipinski definition) is 6. The molecule has 5 rings (SSSR count). The molecule has 0 aliphatic carbocycles. The maximum absolute atomic E-state index is 14.2. The minimum absolute atomic E-state index is 0.00592. The zero-order valence-electron chi connectivity index (χ0n) is 16.6. The molecule has 156 valence electrons. The molecule has 10 heteroatoms. The molecule has 0 radical (unpaired) electrons. The average molecular weight is 421 g/mol. The number of nitrogen functional groups attached to an aromatic ring is 1. The third kappa shape index (κ3) is 2.82. The summed E-state index contributed by atoms with van der Waals surface area (Å²) < 4.78 is 29.4. The summed E-state index contributed by atoms with van der Waals surface area (Å²) in [7, 11) is 0. The molecular weight excluding hydrogens is 404 g/mol. The molecule has 8 nitrogen and oxygen atoms in total. The van der Waals surface area contributed by atoms with Gasteiger partial charge in [0.25, 0.3) is 0 Å². The van der Waals surface area contributed by atoms with Crippen molar-refractivity contribution in [2.24, 2.45) is 0 Å². The standard InChI is InChI=1S/C21H17F2N7O/c1-21(2)14-17(24)27-19(28-18(14)29-20(21)31)16-12-7-4-8-25-30(12)13(26-16)9-10-5-3-6-11(22)15(10)23/h3-8H,9H2,1-2H3,(H3,24,27,28,29,31). The first-order valence-electron chi connectivity index (χ1n) is 9.52. The maximum Gasteiger partial charge on any atom is 0.235 e. The molecule has 31 heavy (non-hydrogen) atoms. The van der Waals surface area contributed by atoms with Crippen LogP contribution in [0.2, 0.25) is 0 Å². The first-order chi connectivity index (χ1) is 14.8. The van der Waals surface area contributed by atoms with Crippen molar-refractivity contribution in [3.63, 3.8) is 0 Å². The topological polar surface area (TPSA) is 111 Å². The Morgan fingerprint density at radius 1 is 1.13 bits per heavy atom. The number of nitrogens with one attached hydrogen (secondary N) is 1. The summed E-state index contributed by atoms with van der Waals surface area (Å²) in [4.78, 5) is 25.7. The summed E-state index contributed by atoms with van der Waals surface area (Å²) in [6.45, 7) is 3.49. The van der Waals surface area contributed by atoms with Crippen LogP contribution in [0.25, 0.3) is 17.0 Å². The Balaban J connectivity index is 1.66. The van der Waals surface area contributed by atoms with E-state index in [1.807, 2.05) is 0 Å². The van der Waals surface area contributed by atoms with Gasteiger partial charge in [-0.2, -0.15) is 5.10 Å². The number of rotatable bonds is 3. The fraction of sp³-hybridized carbons (Fsp3) is 0.190. The Hall–Kier alpha value is -3.95. The highest BCUT2D eigenvalue weighted by Crippen LogP contribution is 2.40. The number of imidazole rings is 1. The van der Waals surface area contributed by atoms with Gasteiger partial charge in [-0.1, -0.05) is 12.1 Å². The minimum atomic E-state index is -0.931. The van der Waals surface area contributed by atoms with Crippen molar-refractivity contribution in [2.45, 2.75) is 25.7 Å². The van der Waals surface area contributed by atoms with E-state index in [-0.39, 0.29) is 29.5 Å². The average Bonchev–Trinajstić information content (AvgIpc) is 3.20. The van der Waals surface area contributed by atoms with E-state index in [4.69, 9.17) is 5.73 Å². The number of hydrogen-bond donors (Lipinski definition) is 2. The van der Waals surface area contributed by atoms with Crippen molar-refractivity contribution in [2.75, 3.05) is 11.1 Å². The van der Waals surface area contributed by atoms with Crippen LogP contribution in [0.15, 0.2) is 36.5 Å². The predicted molar refractivity (Wildman–Crippen MR) is 109 cm³/mol. The van der Waals surface area contributed by atoms with Crippen molar-refractivity contribution in [1.82, 2.24) is 24.6 Å². The summed E-state index contributed by atoms with van der Waals surface area (Å²) in [6, 6.07) is 7.46. The maximum atomic E-state index is 14.2. The van der Waals surface area contributed by atoms with E-state index in [1.54, 1.807) is 32.2 Å². The quantitative estimate of drug-likeness (QED) is 0.526. The molecule has 0 saturated carbocycles. The highest BCUT2D eigenvalue weighted by Gasteiger charge is 2.42. The van der Waals surface area contributed by atoms with Crippen LogP contribution >= 0.6 is 0 Å². The molecule has 3 aromatic heterocycles. The molecule has 4 heterocycles. The number of aromatic nitrogens is 5. The minimum Gasteiger partial charge on any atom is -0.383 e. The lowest BCUT2D eigenvalue weighted by atomic mass is 9.87. The first kappa shape index (κ1) is 19.0. The van der Waals surface area contributed by atoms with Crippen LogP contribution in [-0.2, 0) is 16.6 Å². The van der Waals surface area contributed by atoms with Crippen molar-refractivity contribution in [3.05, 3.63) is 65.1 Å². The summed E-state index contributed by atoms with van der Waals surface area (Å²) >= 11 is 0. The highest BCUT2D eigenvalue weighted by molar-refractivity contribution is 6.06. The number of carbonyl (C=O) groups is 1. The molecule has 4 aromatic rings. The highest BCUT2D eigenvalue weighted by atomic mass is 19.2. The van der Waals surface area contributed by atoms with Gasteiger partial charge in [-0.15, -0.1) is 0 Å². The van der Waals surface area contributed by atoms with Gasteiger partial charge < -0.3 is 11.1 Å². The van der Waals surface area contributed by atoms with E-state index < -0.39 is 17.0 Å². The van der Waals surface area contributed by atoms with Crippen LogP contribution in [0.1, 0.15) is 30.8 Å². The molecule has 0 saturated heterocycles. The zero-order valence-corrected chi connectivity index (χ0v) is 16.6. The van der Waals surface area contributed by atoms with Crippen molar-refractivity contribution >= 4 is 23.1 Å². The molecule has 1 aliphatic rings. The molecular formula is C21H17F2N7O. The van der Waals surface area contributed by atoms with Crippen LogP contribution in [0.5, 0.6) is 0 Å². The molecule has 0 spiro atoms. The van der Waals surface area contributed by atoms with Gasteiger partial charge in [-0.3, -0.25) is 4.79 Å². The Morgan fingerprint density at radius 3 is 2.74 bits per heavy atom. The molecule has 0 unspecified atom stereocenters. The van der Waals surface area contributed by atoms with Crippen molar-refractivity contribution < 1.29 is 13.6 Å². The normalized spacial score (nSPS) is 14.6. The number of nitrogens with zero attached hydrogens (tertiary/aromatic N) is 5. The Kier molecular flexibility index (Phi) is 4.01. The molecule has 1 aliphatic heterocycles. The largest absolute Gasteiger partial charge is 0.383 e. The molecule has 3 N–H and O–H groups in total. The van der Waals surface area contributed by atoms with E-state index in [0.717, 1.165) is 6.07 Å². The van der Waals surface area contributed by atoms with E-state index in [2.05, 4.69) is 25.4 Å². The number of carbonyl (C=O) groups excluding carboxylic acids is 1. The van der Waals surface area contributed by atoms with Gasteiger partial charge >= 0.3 is 0 Å². The lowest BCUT2D eigenvalue weighted by Crippen LogP contribution is -2.27. The second-order valence-corrected chi connectivity index (χ2v) is 7.82. The Bertz CT molecular complexity index is 1380. The number of anilines is 2. The van der Waals surface area contributed by atoms with Crippen LogP contribution in [-0.4, -0.2) is 30.5 Å². The second kappa shape index (κ2) is 6.53. The monoisotopic (exact) mass is 421 g/mol. The molecule has 0 fully saturated rings. The van der Waals surface area contributed by atoms with Crippen molar-refractivity contribution in [3.8, 4) is 11.5 Å². The van der Waals surface area contributed by atoms with Gasteiger partial charge in [0.1, 0.15) is 23.2 Å². The molecule has 1 amide bonds. The van der Waals surface area contributed by atoms with Crippen LogP contribution < -0.4 is 11.1 Å². The Labute approximate surface area is 175 Å². The number of nitrogens with two attached hydrogens (primary N) is 1. The first-order valence-corrected chi connectivity index (χ1v) is 9.52. The summed E-state index contributed by atoms with van der Waals surface area (Å²) in [5, 5.41) is 7.02. The second-order valence-electron chi connectivity index (χ2n) is 7.82. The molecule has 0 atom stereocenters. The van der Waals surface area contributed by atoms with E-state index in [1.165, 1.54) is 16.6 Å². The van der Waals surface area contributed by atoms with Gasteiger partial charge in [0.15, 0.2) is 17.5 Å². The van der Waals surface area contributed by atoms with Gasteiger partial charge in [-0.05, 0) is 37.6 Å². The van der Waals surface area contributed by atoms with Crippen LogP contribution in [0.4, 0.5) is 20.4 Å². The Morgan fingerprint density at radius 2 is 1.94 bits per heavy atom. The number of fused-ring (bicyclic) bond motifs is 2. The fourth-order valence-corrected chi connectivity index (χ4v) is 3.79. The van der Waals surface area contributed by atoms with E-state index in [9.17, 15) is 13.6 Å². The number of halogens is 2. The van der Waals surface area contributed by atoms with E-state index in [0.29, 0.717) is 28.4 Å². The SMILES string of the molecule is CC1(C)C(=O)Nc2nc(-c3nc(Cc4cccc(F)c4F)n4ncccc34)nc(N)c21. The third-order valence-electron chi connectivity index (χ3n) is 5.43. The van der Waals surface area contributed by atoms with Crippen LogP contribution in [0.3, 0.4) is 0 Å². The lowest BCUT2D eigenvalue weighted by Gasteiger charge is -2.15. The summed E-state index contributed by atoms with van der Waals surface area (Å²) in [5.74, 6) is -1.00. The number of benzene rings is 1. The number of amides is 1. The zero-order chi connectivity index (χ0) is 21.9.